The van der Waals surface area contributed by atoms with Crippen LogP contribution in [0.4, 0.5) is 10.5 Å². The second-order valence-electron chi connectivity index (χ2n) is 5.95. The molecule has 0 aliphatic carbocycles. The van der Waals surface area contributed by atoms with Crippen LogP contribution in [0.2, 0.25) is 0 Å². The molecule has 1 aliphatic heterocycles. The zero-order valence-corrected chi connectivity index (χ0v) is 13.5. The van der Waals surface area contributed by atoms with Gasteiger partial charge in [0.2, 0.25) is 0 Å². The number of nitrogens with one attached hydrogen (secondary N) is 2. The maximum Gasteiger partial charge on any atom is 0.319 e. The van der Waals surface area contributed by atoms with Gasteiger partial charge in [0, 0.05) is 30.9 Å². The van der Waals surface area contributed by atoms with Gasteiger partial charge in [-0.1, -0.05) is 0 Å². The highest BCUT2D eigenvalue weighted by atomic mass is 16.5. The number of anilines is 1. The Kier molecular flexibility index (Phi) is 5.63. The molecule has 2 N–H and O–H groups in total. The summed E-state index contributed by atoms with van der Waals surface area (Å²) >= 11 is 0. The highest BCUT2D eigenvalue weighted by Gasteiger charge is 2.28. The van der Waals surface area contributed by atoms with E-state index in [9.17, 15) is 4.79 Å². The molecule has 1 fully saturated rings. The number of ether oxygens (including phenoxy) is 2. The minimum Gasteiger partial charge on any atom is -0.497 e. The van der Waals surface area contributed by atoms with Crippen molar-refractivity contribution in [3.63, 3.8) is 0 Å². The fourth-order valence-electron chi connectivity index (χ4n) is 2.43. The summed E-state index contributed by atoms with van der Waals surface area (Å²) in [5.41, 5.74) is 0.642. The molecule has 0 spiro atoms. The molecule has 122 valence electrons. The number of benzene rings is 1. The molecular formula is C16H25N3O3. The molecule has 0 aromatic heterocycles. The zero-order valence-electron chi connectivity index (χ0n) is 13.5. The first kappa shape index (κ1) is 16.6. The first-order valence-corrected chi connectivity index (χ1v) is 7.53. The Labute approximate surface area is 131 Å². The summed E-state index contributed by atoms with van der Waals surface area (Å²) in [6, 6.07) is 7.05. The van der Waals surface area contributed by atoms with E-state index in [1.54, 1.807) is 7.11 Å². The summed E-state index contributed by atoms with van der Waals surface area (Å²) in [6.07, 6.45) is 0. The third kappa shape index (κ3) is 4.61. The molecule has 2 amide bonds. The Bertz CT molecular complexity index is 482. The van der Waals surface area contributed by atoms with E-state index in [1.165, 1.54) is 0 Å². The Hall–Kier alpha value is -1.79. The molecule has 6 nitrogen and oxygen atoms in total. The third-order valence-electron chi connectivity index (χ3n) is 3.90. The third-order valence-corrected chi connectivity index (χ3v) is 3.90. The van der Waals surface area contributed by atoms with Gasteiger partial charge in [-0.25, -0.2) is 4.79 Å². The Morgan fingerprint density at radius 1 is 1.27 bits per heavy atom. The first-order valence-electron chi connectivity index (χ1n) is 7.53. The Morgan fingerprint density at radius 3 is 2.50 bits per heavy atom. The number of rotatable bonds is 5. The van der Waals surface area contributed by atoms with Crippen LogP contribution in [0.1, 0.15) is 13.8 Å². The monoisotopic (exact) mass is 307 g/mol. The number of amides is 2. The lowest BCUT2D eigenvalue weighted by Gasteiger charge is -2.40. The molecule has 2 rings (SSSR count). The minimum atomic E-state index is -0.202. The smallest absolute Gasteiger partial charge is 0.319 e. The van der Waals surface area contributed by atoms with Crippen LogP contribution < -0.4 is 15.4 Å². The predicted octanol–water partition coefficient (Wildman–Crippen LogP) is 1.93. The van der Waals surface area contributed by atoms with Gasteiger partial charge < -0.3 is 20.1 Å². The molecule has 1 heterocycles. The van der Waals surface area contributed by atoms with Gasteiger partial charge in [-0.15, -0.1) is 0 Å². The minimum absolute atomic E-state index is 0.0962. The average Bonchev–Trinajstić information content (AvgIpc) is 2.55. The van der Waals surface area contributed by atoms with Crippen molar-refractivity contribution in [1.29, 1.82) is 0 Å². The second-order valence-corrected chi connectivity index (χ2v) is 5.95. The van der Waals surface area contributed by atoms with E-state index in [0.717, 1.165) is 37.7 Å². The lowest BCUT2D eigenvalue weighted by atomic mass is 10.0. The molecule has 0 unspecified atom stereocenters. The van der Waals surface area contributed by atoms with E-state index in [-0.39, 0.29) is 11.6 Å². The summed E-state index contributed by atoms with van der Waals surface area (Å²) in [5.74, 6) is 0.763. The maximum absolute atomic E-state index is 12.0. The highest BCUT2D eigenvalue weighted by molar-refractivity contribution is 5.89. The van der Waals surface area contributed by atoms with Crippen molar-refractivity contribution in [1.82, 2.24) is 10.2 Å². The zero-order chi connectivity index (χ0) is 16.0. The number of carbonyl (C=O) groups excluding carboxylic acids is 1. The van der Waals surface area contributed by atoms with E-state index in [2.05, 4.69) is 29.4 Å². The van der Waals surface area contributed by atoms with Gasteiger partial charge in [0.25, 0.3) is 0 Å². The highest BCUT2D eigenvalue weighted by Crippen LogP contribution is 2.16. The Balaban J connectivity index is 1.80. The van der Waals surface area contributed by atoms with Crippen molar-refractivity contribution >= 4 is 11.7 Å². The van der Waals surface area contributed by atoms with Gasteiger partial charge in [-0.2, -0.15) is 0 Å². The van der Waals surface area contributed by atoms with Crippen LogP contribution >= 0.6 is 0 Å². The van der Waals surface area contributed by atoms with Crippen molar-refractivity contribution in [2.24, 2.45) is 0 Å². The SMILES string of the molecule is COc1ccc(NC(=O)NCC(C)(C)N2CCOCC2)cc1. The summed E-state index contributed by atoms with van der Waals surface area (Å²) in [7, 11) is 1.61. The summed E-state index contributed by atoms with van der Waals surface area (Å²) < 4.78 is 10.5. The summed E-state index contributed by atoms with van der Waals surface area (Å²) in [6.45, 7) is 8.14. The first-order chi connectivity index (χ1) is 10.5. The van der Waals surface area contributed by atoms with Crippen LogP contribution in [0, 0.1) is 0 Å². The largest absolute Gasteiger partial charge is 0.497 e. The molecule has 1 aromatic rings. The molecule has 0 saturated carbocycles. The van der Waals surface area contributed by atoms with Crippen molar-refractivity contribution in [3.8, 4) is 5.75 Å². The van der Waals surface area contributed by atoms with Crippen LogP contribution in [0.25, 0.3) is 0 Å². The van der Waals surface area contributed by atoms with Gasteiger partial charge in [0.15, 0.2) is 0 Å². The molecule has 1 saturated heterocycles. The van der Waals surface area contributed by atoms with E-state index < -0.39 is 0 Å². The van der Waals surface area contributed by atoms with Gasteiger partial charge in [0.05, 0.1) is 20.3 Å². The van der Waals surface area contributed by atoms with Crippen molar-refractivity contribution < 1.29 is 14.3 Å². The van der Waals surface area contributed by atoms with E-state index in [0.29, 0.717) is 6.54 Å². The van der Waals surface area contributed by atoms with Gasteiger partial charge >= 0.3 is 6.03 Å². The molecule has 22 heavy (non-hydrogen) atoms. The van der Waals surface area contributed by atoms with E-state index >= 15 is 0 Å². The fourth-order valence-corrected chi connectivity index (χ4v) is 2.43. The normalized spacial score (nSPS) is 16.1. The molecule has 6 heteroatoms. The van der Waals surface area contributed by atoms with Crippen molar-refractivity contribution in [2.45, 2.75) is 19.4 Å². The van der Waals surface area contributed by atoms with Gasteiger partial charge in [0.1, 0.15) is 5.75 Å². The lowest BCUT2D eigenvalue weighted by molar-refractivity contribution is -0.00863. The number of urea groups is 1. The predicted molar refractivity (Wildman–Crippen MR) is 86.5 cm³/mol. The number of methoxy groups -OCH3 is 1. The molecule has 0 atom stereocenters. The molecule has 1 aliphatic rings. The number of hydrogen-bond donors (Lipinski definition) is 2. The van der Waals surface area contributed by atoms with Crippen LogP contribution in [0.3, 0.4) is 0 Å². The van der Waals surface area contributed by atoms with E-state index in [1.807, 2.05) is 24.3 Å². The number of hydrogen-bond acceptors (Lipinski definition) is 4. The topological polar surface area (TPSA) is 62.8 Å². The molecule has 0 radical (unpaired) electrons. The fraction of sp³-hybridized carbons (Fsp3) is 0.562. The van der Waals surface area contributed by atoms with Crippen molar-refractivity contribution in [2.75, 3.05) is 45.3 Å². The number of carbonyl (C=O) groups is 1. The Morgan fingerprint density at radius 2 is 1.91 bits per heavy atom. The van der Waals surface area contributed by atoms with Crippen LogP contribution in [0.5, 0.6) is 5.75 Å². The number of morpholine rings is 1. The van der Waals surface area contributed by atoms with Gasteiger partial charge in [-0.3, -0.25) is 4.90 Å². The quantitative estimate of drug-likeness (QED) is 0.872. The molecule has 1 aromatic carbocycles. The summed E-state index contributed by atoms with van der Waals surface area (Å²) in [5, 5.41) is 5.75. The standard InChI is InChI=1S/C16H25N3O3/c1-16(2,19-8-10-22-11-9-19)12-17-15(20)18-13-4-6-14(21-3)7-5-13/h4-7H,8-12H2,1-3H3,(H2,17,18,20). The average molecular weight is 307 g/mol. The molecule has 0 bridgehead atoms. The maximum atomic E-state index is 12.0. The van der Waals surface area contributed by atoms with Crippen LogP contribution in [-0.2, 0) is 4.74 Å². The number of nitrogens with zero attached hydrogens (tertiary/aromatic N) is 1. The van der Waals surface area contributed by atoms with Crippen LogP contribution in [-0.4, -0.2) is 56.4 Å². The van der Waals surface area contributed by atoms with Crippen molar-refractivity contribution in [3.05, 3.63) is 24.3 Å². The van der Waals surface area contributed by atoms with E-state index in [4.69, 9.17) is 9.47 Å². The summed E-state index contributed by atoms with van der Waals surface area (Å²) in [4.78, 5) is 14.3. The van der Waals surface area contributed by atoms with Crippen LogP contribution in [0.15, 0.2) is 24.3 Å². The molecular weight excluding hydrogens is 282 g/mol. The van der Waals surface area contributed by atoms with Gasteiger partial charge in [-0.05, 0) is 38.1 Å². The second kappa shape index (κ2) is 7.47. The lowest BCUT2D eigenvalue weighted by Crippen LogP contribution is -2.55.